The molecule has 0 unspecified atom stereocenters. The second kappa shape index (κ2) is 9.07. The SMILES string of the molecule is CCN(CC)CCn1cc(-c2cnc3ccc(Cc4nnc5ccc(C)nn45)cc3c2)cn1. The molecule has 8 nitrogen and oxygen atoms in total. The Bertz CT molecular complexity index is 1400. The third-order valence-electron chi connectivity index (χ3n) is 6.07. The van der Waals surface area contributed by atoms with E-state index in [2.05, 4.69) is 74.6 Å². The van der Waals surface area contributed by atoms with Gasteiger partial charge in [0.15, 0.2) is 11.5 Å². The minimum Gasteiger partial charge on any atom is -0.302 e. The summed E-state index contributed by atoms with van der Waals surface area (Å²) in [6.45, 7) is 10.3. The van der Waals surface area contributed by atoms with Gasteiger partial charge in [0.05, 0.1) is 24.0 Å². The van der Waals surface area contributed by atoms with Gasteiger partial charge in [-0.3, -0.25) is 9.67 Å². The van der Waals surface area contributed by atoms with Crippen molar-refractivity contribution in [3.05, 3.63) is 72.1 Å². The maximum absolute atomic E-state index is 4.68. The van der Waals surface area contributed by atoms with Crippen LogP contribution in [-0.2, 0) is 13.0 Å². The third kappa shape index (κ3) is 4.47. The Morgan fingerprint density at radius 3 is 2.67 bits per heavy atom. The number of fused-ring (bicyclic) bond motifs is 2. The Labute approximate surface area is 192 Å². The number of pyridine rings is 1. The van der Waals surface area contributed by atoms with Crippen LogP contribution < -0.4 is 0 Å². The number of rotatable bonds is 8. The van der Waals surface area contributed by atoms with Crippen molar-refractivity contribution in [1.82, 2.24) is 39.5 Å². The molecule has 33 heavy (non-hydrogen) atoms. The number of nitrogens with zero attached hydrogens (tertiary/aromatic N) is 8. The lowest BCUT2D eigenvalue weighted by Gasteiger charge is -2.17. The molecule has 0 saturated heterocycles. The largest absolute Gasteiger partial charge is 0.302 e. The van der Waals surface area contributed by atoms with Gasteiger partial charge in [-0.15, -0.1) is 10.2 Å². The van der Waals surface area contributed by atoms with E-state index in [4.69, 9.17) is 0 Å². The van der Waals surface area contributed by atoms with Crippen LogP contribution in [0.15, 0.2) is 55.0 Å². The first-order valence-electron chi connectivity index (χ1n) is 11.4. The molecule has 1 aromatic carbocycles. The second-order valence-electron chi connectivity index (χ2n) is 8.31. The van der Waals surface area contributed by atoms with E-state index < -0.39 is 0 Å². The summed E-state index contributed by atoms with van der Waals surface area (Å²) in [6, 6.07) is 12.4. The monoisotopic (exact) mass is 440 g/mol. The van der Waals surface area contributed by atoms with Crippen LogP contribution in [0.3, 0.4) is 0 Å². The van der Waals surface area contributed by atoms with E-state index >= 15 is 0 Å². The molecular formula is C25H28N8. The number of hydrogen-bond acceptors (Lipinski definition) is 6. The quantitative estimate of drug-likeness (QED) is 0.365. The zero-order chi connectivity index (χ0) is 22.8. The normalized spacial score (nSPS) is 11.8. The van der Waals surface area contributed by atoms with E-state index in [1.165, 1.54) is 0 Å². The highest BCUT2D eigenvalue weighted by molar-refractivity contribution is 5.84. The summed E-state index contributed by atoms with van der Waals surface area (Å²) < 4.78 is 3.83. The molecule has 0 saturated carbocycles. The molecule has 0 radical (unpaired) electrons. The van der Waals surface area contributed by atoms with E-state index in [9.17, 15) is 0 Å². The van der Waals surface area contributed by atoms with Crippen LogP contribution >= 0.6 is 0 Å². The Kier molecular flexibility index (Phi) is 5.83. The molecule has 0 spiro atoms. The Balaban J connectivity index is 1.38. The molecule has 0 aliphatic heterocycles. The molecule has 0 amide bonds. The smallest absolute Gasteiger partial charge is 0.177 e. The van der Waals surface area contributed by atoms with Crippen molar-refractivity contribution >= 4 is 16.6 Å². The average Bonchev–Trinajstić information content (AvgIpc) is 3.46. The predicted molar refractivity (Wildman–Crippen MR) is 129 cm³/mol. The fourth-order valence-electron chi connectivity index (χ4n) is 4.09. The highest BCUT2D eigenvalue weighted by Gasteiger charge is 2.10. The molecule has 0 fully saturated rings. The van der Waals surface area contributed by atoms with Crippen molar-refractivity contribution in [2.24, 2.45) is 0 Å². The third-order valence-corrected chi connectivity index (χ3v) is 6.07. The molecule has 4 aromatic heterocycles. The summed E-state index contributed by atoms with van der Waals surface area (Å²) >= 11 is 0. The predicted octanol–water partition coefficient (Wildman–Crippen LogP) is 3.78. The first-order valence-corrected chi connectivity index (χ1v) is 11.4. The van der Waals surface area contributed by atoms with Gasteiger partial charge < -0.3 is 4.90 Å². The van der Waals surface area contributed by atoms with Gasteiger partial charge in [-0.05, 0) is 55.9 Å². The minimum absolute atomic E-state index is 0.654. The molecule has 8 heteroatoms. The lowest BCUT2D eigenvalue weighted by atomic mass is 10.0. The highest BCUT2D eigenvalue weighted by atomic mass is 15.4. The average molecular weight is 441 g/mol. The van der Waals surface area contributed by atoms with Gasteiger partial charge in [0.2, 0.25) is 0 Å². The van der Waals surface area contributed by atoms with Crippen molar-refractivity contribution in [3.63, 3.8) is 0 Å². The fourth-order valence-corrected chi connectivity index (χ4v) is 4.09. The standard InChI is InChI=1S/C25H28N8/c1-4-31(5-2)10-11-32-17-22(16-27-32)21-14-20-12-19(7-8-23(20)26-15-21)13-25-29-28-24-9-6-18(3)30-33(24)25/h6-9,12,14-17H,4-5,10-11,13H2,1-3H3. The second-order valence-corrected chi connectivity index (χ2v) is 8.31. The van der Waals surface area contributed by atoms with Gasteiger partial charge in [-0.1, -0.05) is 19.9 Å². The van der Waals surface area contributed by atoms with Crippen LogP contribution in [0.2, 0.25) is 0 Å². The van der Waals surface area contributed by atoms with E-state index in [0.29, 0.717) is 6.42 Å². The summed E-state index contributed by atoms with van der Waals surface area (Å²) in [5, 5.41) is 18.8. The topological polar surface area (TPSA) is 77.0 Å². The zero-order valence-electron chi connectivity index (χ0n) is 19.3. The van der Waals surface area contributed by atoms with Crippen LogP contribution in [0.1, 0.15) is 30.9 Å². The number of hydrogen-bond donors (Lipinski definition) is 0. The van der Waals surface area contributed by atoms with Crippen LogP contribution in [-0.4, -0.2) is 59.1 Å². The van der Waals surface area contributed by atoms with Crippen molar-refractivity contribution in [1.29, 1.82) is 0 Å². The van der Waals surface area contributed by atoms with Crippen LogP contribution in [0, 0.1) is 6.92 Å². The summed E-state index contributed by atoms with van der Waals surface area (Å²) in [6.07, 6.45) is 6.60. The van der Waals surface area contributed by atoms with Crippen molar-refractivity contribution in [2.75, 3.05) is 19.6 Å². The molecular weight excluding hydrogens is 412 g/mol. The Morgan fingerprint density at radius 1 is 0.939 bits per heavy atom. The summed E-state index contributed by atoms with van der Waals surface area (Å²) in [7, 11) is 0. The molecule has 0 bridgehead atoms. The van der Waals surface area contributed by atoms with Crippen molar-refractivity contribution in [3.8, 4) is 11.1 Å². The molecule has 0 aliphatic rings. The van der Waals surface area contributed by atoms with Crippen molar-refractivity contribution in [2.45, 2.75) is 33.7 Å². The van der Waals surface area contributed by atoms with Crippen LogP contribution in [0.5, 0.6) is 0 Å². The number of aromatic nitrogens is 7. The lowest BCUT2D eigenvalue weighted by Crippen LogP contribution is -2.27. The van der Waals surface area contributed by atoms with Gasteiger partial charge in [0, 0.05) is 41.9 Å². The Morgan fingerprint density at radius 2 is 1.82 bits per heavy atom. The van der Waals surface area contributed by atoms with Crippen LogP contribution in [0.25, 0.3) is 27.7 Å². The van der Waals surface area contributed by atoms with Gasteiger partial charge in [-0.2, -0.15) is 14.7 Å². The van der Waals surface area contributed by atoms with E-state index in [-0.39, 0.29) is 0 Å². The molecule has 5 rings (SSSR count). The van der Waals surface area contributed by atoms with Gasteiger partial charge >= 0.3 is 0 Å². The maximum Gasteiger partial charge on any atom is 0.177 e. The summed E-state index contributed by atoms with van der Waals surface area (Å²) in [5.41, 5.74) is 5.97. The molecule has 4 heterocycles. The maximum atomic E-state index is 4.68. The van der Waals surface area contributed by atoms with Crippen molar-refractivity contribution < 1.29 is 0 Å². The molecule has 0 N–H and O–H groups in total. The fraction of sp³-hybridized carbons (Fsp3) is 0.320. The minimum atomic E-state index is 0.654. The summed E-state index contributed by atoms with van der Waals surface area (Å²) in [4.78, 5) is 7.08. The molecule has 168 valence electrons. The van der Waals surface area contributed by atoms with Gasteiger partial charge in [0.1, 0.15) is 0 Å². The first-order chi connectivity index (χ1) is 16.1. The number of likely N-dealkylation sites (N-methyl/N-ethyl adjacent to an activating group) is 1. The van der Waals surface area contributed by atoms with Gasteiger partial charge in [0.25, 0.3) is 0 Å². The molecule has 0 atom stereocenters. The number of benzene rings is 1. The Hall–Kier alpha value is -3.65. The van der Waals surface area contributed by atoms with E-state index in [1.807, 2.05) is 40.6 Å². The number of aryl methyl sites for hydroxylation is 1. The molecule has 5 aromatic rings. The lowest BCUT2D eigenvalue weighted by molar-refractivity contribution is 0.285. The summed E-state index contributed by atoms with van der Waals surface area (Å²) in [5.74, 6) is 0.826. The van der Waals surface area contributed by atoms with E-state index in [1.54, 1.807) is 0 Å². The molecule has 0 aliphatic carbocycles. The first kappa shape index (κ1) is 21.2. The zero-order valence-corrected chi connectivity index (χ0v) is 19.3. The van der Waals surface area contributed by atoms with Gasteiger partial charge in [-0.25, -0.2) is 0 Å². The van der Waals surface area contributed by atoms with Crippen LogP contribution in [0.4, 0.5) is 0 Å². The highest BCUT2D eigenvalue weighted by Crippen LogP contribution is 2.24. The van der Waals surface area contributed by atoms with E-state index in [0.717, 1.165) is 70.9 Å².